The van der Waals surface area contributed by atoms with Crippen LogP contribution in [0.2, 0.25) is 0 Å². The molecule has 7 atom stereocenters. The van der Waals surface area contributed by atoms with Crippen LogP contribution in [-0.2, 0) is 31.6 Å². The molecule has 1 fully saturated rings. The molecule has 23 heteroatoms. The molecule has 0 spiro atoms. The van der Waals surface area contributed by atoms with Crippen molar-refractivity contribution in [3.8, 4) is 0 Å². The van der Waals surface area contributed by atoms with Crippen LogP contribution in [0.3, 0.4) is 0 Å². The number of aliphatic imine (C=N–C) groups is 1. The fourth-order valence-corrected chi connectivity index (χ4v) is 8.76. The topological polar surface area (TPSA) is 309 Å². The Balaban J connectivity index is 1.10. The van der Waals surface area contributed by atoms with E-state index in [1.165, 1.54) is 10.9 Å². The second kappa shape index (κ2) is 17.7. The third-order valence-corrected chi connectivity index (χ3v) is 11.9. The minimum absolute atomic E-state index is 0.0480. The van der Waals surface area contributed by atoms with Crippen LogP contribution in [0.5, 0.6) is 0 Å². The van der Waals surface area contributed by atoms with Crippen LogP contribution in [0.15, 0.2) is 42.0 Å². The van der Waals surface area contributed by atoms with Crippen molar-refractivity contribution >= 4 is 46.3 Å². The summed E-state index contributed by atoms with van der Waals surface area (Å²) in [5, 5.41) is 34.7. The molecule has 3 unspecified atom stereocenters. The summed E-state index contributed by atoms with van der Waals surface area (Å²) in [5.41, 5.74) is 6.10. The van der Waals surface area contributed by atoms with Crippen molar-refractivity contribution in [3.05, 3.63) is 37.0 Å². The van der Waals surface area contributed by atoms with Crippen molar-refractivity contribution in [3.63, 3.8) is 0 Å². The summed E-state index contributed by atoms with van der Waals surface area (Å²) < 4.78 is 56.3. The molecular weight excluding hydrogens is 711 g/mol. The Hall–Kier alpha value is -2.41. The molecule has 2 aromatic rings. The zero-order chi connectivity index (χ0) is 35.7. The molecular formula is C26H40N7O13P3-2. The van der Waals surface area contributed by atoms with Crippen LogP contribution < -0.4 is 20.8 Å². The number of nitrogens with two attached hydrogens (primary N) is 1. The number of nitrogens with one attached hydrogen (secondary N) is 1. The van der Waals surface area contributed by atoms with Gasteiger partial charge < -0.3 is 45.5 Å². The van der Waals surface area contributed by atoms with Gasteiger partial charge in [0.15, 0.2) is 17.7 Å². The predicted molar refractivity (Wildman–Crippen MR) is 170 cm³/mol. The summed E-state index contributed by atoms with van der Waals surface area (Å²) in [7, 11) is -16.4. The molecule has 1 aliphatic heterocycles. The number of phosphoric ester groups is 1. The number of fused-ring (bicyclic) bond motifs is 1. The Labute approximate surface area is 281 Å². The Morgan fingerprint density at radius 1 is 0.959 bits per heavy atom. The van der Waals surface area contributed by atoms with Crippen molar-refractivity contribution in [1.82, 2.24) is 24.6 Å². The predicted octanol–water partition coefficient (Wildman–Crippen LogP) is 0.958. The van der Waals surface area contributed by atoms with Gasteiger partial charge in [-0.05, 0) is 18.7 Å². The van der Waals surface area contributed by atoms with E-state index in [9.17, 15) is 43.7 Å². The highest BCUT2D eigenvalue weighted by Gasteiger charge is 2.46. The minimum atomic E-state index is -5.70. The number of nitrogens with zero attached hydrogens (tertiary/aromatic N) is 5. The summed E-state index contributed by atoms with van der Waals surface area (Å²) in [4.78, 5) is 47.8. The van der Waals surface area contributed by atoms with E-state index < -0.39 is 54.5 Å². The Bertz CT molecular complexity index is 1630. The summed E-state index contributed by atoms with van der Waals surface area (Å²) in [5.74, 6) is -0.318. The molecule has 20 nitrogen and oxygen atoms in total. The number of imidazole rings is 1. The monoisotopic (exact) mass is 751 g/mol. The van der Waals surface area contributed by atoms with E-state index in [1.54, 1.807) is 0 Å². The van der Waals surface area contributed by atoms with Gasteiger partial charge in [0.05, 0.1) is 12.9 Å². The summed E-state index contributed by atoms with van der Waals surface area (Å²) in [6, 6.07) is 0. The molecule has 0 bridgehead atoms. The molecule has 3 heterocycles. The standard InChI is InChI=1S/C26H42N7O13P3/c27-23-20-24(30-16-29-23)33(17-31-20)26-22(35)21(34)19(44-26)15-43-48(39,40)46-49(41,42)45-47(37,38)32-14-10-6-4-2-1-3-5-9-13-28-25(36)18-11-7-8-12-18/h7-8,11-12,16-19,21-22,26,34-35H,1-6,9-10,13-15H2,(H,28,36)(H,39,40)(H,41,42)(H2,27,29,30)(H2,32,37,38)/p-2/t19-,21-,22-,26-/m1/s1. The van der Waals surface area contributed by atoms with Gasteiger partial charge in [0.2, 0.25) is 7.75 Å². The lowest BCUT2D eigenvalue weighted by molar-refractivity contribution is -0.221. The highest BCUT2D eigenvalue weighted by molar-refractivity contribution is 7.67. The van der Waals surface area contributed by atoms with Crippen LogP contribution in [0.1, 0.15) is 57.6 Å². The summed E-state index contributed by atoms with van der Waals surface area (Å²) >= 11 is 0. The second-order valence-corrected chi connectivity index (χ2v) is 16.0. The third-order valence-electron chi connectivity index (χ3n) is 7.51. The molecule has 49 heavy (non-hydrogen) atoms. The largest absolute Gasteiger partial charge is 0.861 e. The number of aliphatic hydroxyl groups excluding tert-OH is 2. The molecule has 2 aliphatic rings. The number of rotatable bonds is 21. The molecule has 2 aromatic heterocycles. The van der Waals surface area contributed by atoms with E-state index >= 15 is 0 Å². The van der Waals surface area contributed by atoms with E-state index in [1.807, 2.05) is 29.4 Å². The van der Waals surface area contributed by atoms with Crippen molar-refractivity contribution in [2.75, 3.05) is 25.4 Å². The minimum Gasteiger partial charge on any atom is -0.861 e. The second-order valence-electron chi connectivity index (χ2n) is 11.3. The molecule has 4 rings (SSSR count). The smallest absolute Gasteiger partial charge is 0.486 e. The normalized spacial score (nSPS) is 25.1. The maximum Gasteiger partial charge on any atom is 0.486 e. The Morgan fingerprint density at radius 2 is 1.61 bits per heavy atom. The maximum atomic E-state index is 12.3. The molecule has 274 valence electrons. The molecule has 1 saturated heterocycles. The van der Waals surface area contributed by atoms with Crippen molar-refractivity contribution < 1.29 is 61.6 Å². The van der Waals surface area contributed by atoms with Gasteiger partial charge in [-0.2, -0.15) is 4.31 Å². The molecule has 7 N–H and O–H groups in total. The summed E-state index contributed by atoms with van der Waals surface area (Å²) in [6.07, 6.45) is 10.1. The Morgan fingerprint density at radius 3 is 2.31 bits per heavy atom. The van der Waals surface area contributed by atoms with Gasteiger partial charge in [0, 0.05) is 19.0 Å². The first-order valence-corrected chi connectivity index (χ1v) is 20.0. The molecule has 0 aromatic carbocycles. The number of aliphatic hydroxyl groups is 2. The van der Waals surface area contributed by atoms with E-state index in [2.05, 4.69) is 33.1 Å². The number of hydrogen-bond donors (Lipinski definition) is 6. The van der Waals surface area contributed by atoms with Gasteiger partial charge in [-0.1, -0.05) is 62.8 Å². The van der Waals surface area contributed by atoms with Crippen LogP contribution in [0.25, 0.3) is 11.2 Å². The van der Waals surface area contributed by atoms with Gasteiger partial charge in [-0.25, -0.2) is 28.4 Å². The number of ether oxygens (including phenoxy) is 1. The third kappa shape index (κ3) is 11.8. The fraction of sp³-hybridized carbons (Fsp3) is 0.615. The van der Waals surface area contributed by atoms with E-state index in [-0.39, 0.29) is 35.3 Å². The number of hydrogen-bond acceptors (Lipinski definition) is 16. The van der Waals surface area contributed by atoms with Gasteiger partial charge in [-0.3, -0.25) is 18.7 Å². The number of unbranched alkanes of at least 4 members (excludes halogenated alkanes) is 7. The molecule has 1 aliphatic carbocycles. The molecule has 0 radical (unpaired) electrons. The van der Waals surface area contributed by atoms with Crippen LogP contribution >= 0.6 is 23.4 Å². The molecule has 0 saturated carbocycles. The average molecular weight is 752 g/mol. The van der Waals surface area contributed by atoms with E-state index in [0.717, 1.165) is 44.9 Å². The van der Waals surface area contributed by atoms with Crippen LogP contribution in [0.4, 0.5) is 5.82 Å². The fourth-order valence-electron chi connectivity index (χ4n) is 5.06. The maximum absolute atomic E-state index is 12.3. The van der Waals surface area contributed by atoms with Crippen LogP contribution in [-0.4, -0.2) is 83.4 Å². The highest BCUT2D eigenvalue weighted by atomic mass is 31.3. The lowest BCUT2D eigenvalue weighted by Gasteiger charge is -2.26. The molecule has 0 amide bonds. The van der Waals surface area contributed by atoms with Gasteiger partial charge >= 0.3 is 15.6 Å². The number of phosphoric acid groups is 2. The highest BCUT2D eigenvalue weighted by Crippen LogP contribution is 2.65. The van der Waals surface area contributed by atoms with Gasteiger partial charge in [0.1, 0.15) is 30.2 Å². The zero-order valence-corrected chi connectivity index (χ0v) is 28.9. The first kappa shape index (κ1) is 39.4. The first-order chi connectivity index (χ1) is 23.2. The number of anilines is 1. The number of allylic oxidation sites excluding steroid dienone is 2. The van der Waals surface area contributed by atoms with E-state index in [0.29, 0.717) is 19.4 Å². The SMILES string of the molecule is Nc1ncnc2c1ncn2[C@@H]1O[C@H](COP(=O)(O)OP(=O)(O)OP(=O)([O-])NCCCCCCCCCCN=C([O-])C2C=CC=C2)[C@@H](O)[C@H]1O. The lowest BCUT2D eigenvalue weighted by atomic mass is 10.1. The van der Waals surface area contributed by atoms with Crippen molar-refractivity contribution in [2.45, 2.75) is 75.9 Å². The van der Waals surface area contributed by atoms with Crippen LogP contribution in [0, 0.1) is 5.92 Å². The van der Waals surface area contributed by atoms with E-state index in [4.69, 9.17) is 10.5 Å². The van der Waals surface area contributed by atoms with Gasteiger partial charge in [0.25, 0.3) is 0 Å². The average Bonchev–Trinajstić information content (AvgIpc) is 3.77. The first-order valence-electron chi connectivity index (χ1n) is 15.5. The lowest BCUT2D eigenvalue weighted by Crippen LogP contribution is -2.33. The van der Waals surface area contributed by atoms with Crippen molar-refractivity contribution in [2.24, 2.45) is 10.9 Å². The van der Waals surface area contributed by atoms with Crippen molar-refractivity contribution in [1.29, 1.82) is 0 Å². The quantitative estimate of drug-likeness (QED) is 0.0448. The number of aromatic nitrogens is 4. The van der Waals surface area contributed by atoms with Gasteiger partial charge in [-0.15, -0.1) is 0 Å². The number of nitrogen functional groups attached to an aromatic ring is 1. The zero-order valence-electron chi connectivity index (χ0n) is 26.2. The summed E-state index contributed by atoms with van der Waals surface area (Å²) in [6.45, 7) is -0.564. The Kier molecular flexibility index (Phi) is 14.2.